The van der Waals surface area contributed by atoms with Crippen molar-refractivity contribution in [1.29, 1.82) is 0 Å². The molecule has 3 nitrogen and oxygen atoms in total. The van der Waals surface area contributed by atoms with Crippen LogP contribution in [0.2, 0.25) is 0 Å². The first-order valence-electron chi connectivity index (χ1n) is 7.70. The summed E-state index contributed by atoms with van der Waals surface area (Å²) < 4.78 is 27.7. The Hall–Kier alpha value is -1.04. The fourth-order valence-electron chi connectivity index (χ4n) is 3.86. The SMILES string of the molecule is N[C@]1(c2cc(F)ccc2F)CCCN1C1CCC(O)CC1. The highest BCUT2D eigenvalue weighted by atomic mass is 19.1. The van der Waals surface area contributed by atoms with E-state index < -0.39 is 17.3 Å². The van der Waals surface area contributed by atoms with Gasteiger partial charge in [0.15, 0.2) is 0 Å². The van der Waals surface area contributed by atoms with Crippen LogP contribution in [0.25, 0.3) is 0 Å². The Morgan fingerprint density at radius 3 is 2.62 bits per heavy atom. The molecule has 0 aromatic heterocycles. The van der Waals surface area contributed by atoms with Crippen molar-refractivity contribution in [2.24, 2.45) is 5.73 Å². The molecule has 2 aliphatic rings. The topological polar surface area (TPSA) is 49.5 Å². The molecule has 3 rings (SSSR count). The van der Waals surface area contributed by atoms with E-state index in [1.807, 2.05) is 0 Å². The predicted octanol–water partition coefficient (Wildman–Crippen LogP) is 2.48. The lowest BCUT2D eigenvalue weighted by Crippen LogP contribution is -2.54. The molecule has 1 aromatic carbocycles. The van der Waals surface area contributed by atoms with Crippen LogP contribution >= 0.6 is 0 Å². The summed E-state index contributed by atoms with van der Waals surface area (Å²) >= 11 is 0. The van der Waals surface area contributed by atoms with Crippen LogP contribution in [0.3, 0.4) is 0 Å². The lowest BCUT2D eigenvalue weighted by molar-refractivity contribution is 0.0290. The molecule has 1 aromatic rings. The molecule has 0 spiro atoms. The summed E-state index contributed by atoms with van der Waals surface area (Å²) in [4.78, 5) is 2.12. The third kappa shape index (κ3) is 2.70. The predicted molar refractivity (Wildman–Crippen MR) is 76.4 cm³/mol. The van der Waals surface area contributed by atoms with Gasteiger partial charge in [-0.1, -0.05) is 0 Å². The van der Waals surface area contributed by atoms with Crippen LogP contribution in [0.5, 0.6) is 0 Å². The fraction of sp³-hybridized carbons (Fsp3) is 0.625. The Morgan fingerprint density at radius 1 is 1.19 bits per heavy atom. The smallest absolute Gasteiger partial charge is 0.129 e. The minimum absolute atomic E-state index is 0.234. The third-order valence-electron chi connectivity index (χ3n) is 4.97. The number of nitrogens with zero attached hydrogens (tertiary/aromatic N) is 1. The quantitative estimate of drug-likeness (QED) is 0.881. The molecular weight excluding hydrogens is 274 g/mol. The second-order valence-electron chi connectivity index (χ2n) is 6.31. The molecular formula is C16H22F2N2O. The summed E-state index contributed by atoms with van der Waals surface area (Å²) in [6, 6.07) is 3.74. The van der Waals surface area contributed by atoms with Gasteiger partial charge in [0.05, 0.1) is 11.8 Å². The first kappa shape index (κ1) is 14.9. The summed E-state index contributed by atoms with van der Waals surface area (Å²) in [6.45, 7) is 0.799. The van der Waals surface area contributed by atoms with Crippen LogP contribution in [0.15, 0.2) is 18.2 Å². The second-order valence-corrected chi connectivity index (χ2v) is 6.31. The lowest BCUT2D eigenvalue weighted by atomic mass is 9.89. The first-order valence-corrected chi connectivity index (χ1v) is 7.70. The Morgan fingerprint density at radius 2 is 1.90 bits per heavy atom. The fourth-order valence-corrected chi connectivity index (χ4v) is 3.86. The highest BCUT2D eigenvalue weighted by Crippen LogP contribution is 2.40. The summed E-state index contributed by atoms with van der Waals surface area (Å²) in [5, 5.41) is 9.64. The Bertz CT molecular complexity index is 517. The zero-order valence-corrected chi connectivity index (χ0v) is 12.1. The second kappa shape index (κ2) is 5.63. The number of halogens is 2. The van der Waals surface area contributed by atoms with Crippen LogP contribution in [-0.4, -0.2) is 28.7 Å². The number of aliphatic hydroxyl groups is 1. The summed E-state index contributed by atoms with van der Waals surface area (Å²) in [5.74, 6) is -0.899. The van der Waals surface area contributed by atoms with Crippen LogP contribution in [0.1, 0.15) is 44.1 Å². The number of rotatable bonds is 2. The van der Waals surface area contributed by atoms with E-state index in [-0.39, 0.29) is 17.7 Å². The van der Waals surface area contributed by atoms with E-state index in [0.717, 1.165) is 50.8 Å². The van der Waals surface area contributed by atoms with Gasteiger partial charge >= 0.3 is 0 Å². The standard InChI is InChI=1S/C16H22F2N2O/c17-11-2-7-15(18)14(10-11)16(19)8-1-9-20(16)12-3-5-13(21)6-4-12/h2,7,10,12-13,21H,1,3-6,8-9,19H2/t12?,13?,16-/m1/s1. The molecule has 0 amide bonds. The van der Waals surface area contributed by atoms with Gasteiger partial charge in [-0.15, -0.1) is 0 Å². The van der Waals surface area contributed by atoms with Gasteiger partial charge < -0.3 is 10.8 Å². The van der Waals surface area contributed by atoms with E-state index in [1.165, 1.54) is 6.07 Å². The molecule has 3 N–H and O–H groups in total. The maximum atomic E-state index is 14.2. The van der Waals surface area contributed by atoms with Crippen molar-refractivity contribution >= 4 is 0 Å². The number of hydrogen-bond acceptors (Lipinski definition) is 3. The van der Waals surface area contributed by atoms with Gasteiger partial charge in [0.2, 0.25) is 0 Å². The molecule has 5 heteroatoms. The van der Waals surface area contributed by atoms with E-state index in [2.05, 4.69) is 4.90 Å². The van der Waals surface area contributed by atoms with Gasteiger partial charge in [0.1, 0.15) is 11.6 Å². The molecule has 1 atom stereocenters. The largest absolute Gasteiger partial charge is 0.393 e. The average Bonchev–Trinajstić information content (AvgIpc) is 2.85. The maximum absolute atomic E-state index is 14.2. The van der Waals surface area contributed by atoms with Gasteiger partial charge in [-0.2, -0.15) is 0 Å². The highest BCUT2D eigenvalue weighted by Gasteiger charge is 2.44. The van der Waals surface area contributed by atoms with Crippen molar-refractivity contribution in [2.75, 3.05) is 6.54 Å². The molecule has 21 heavy (non-hydrogen) atoms. The van der Waals surface area contributed by atoms with Crippen molar-refractivity contribution in [2.45, 2.75) is 56.3 Å². The molecule has 1 heterocycles. The number of benzene rings is 1. The van der Waals surface area contributed by atoms with Gasteiger partial charge in [-0.05, 0) is 56.7 Å². The van der Waals surface area contributed by atoms with Gasteiger partial charge in [0.25, 0.3) is 0 Å². The Labute approximate surface area is 123 Å². The van der Waals surface area contributed by atoms with E-state index in [9.17, 15) is 13.9 Å². The van der Waals surface area contributed by atoms with Crippen molar-refractivity contribution < 1.29 is 13.9 Å². The minimum Gasteiger partial charge on any atom is -0.393 e. The number of aliphatic hydroxyl groups excluding tert-OH is 1. The minimum atomic E-state index is -0.931. The first-order chi connectivity index (χ1) is 10.0. The van der Waals surface area contributed by atoms with Crippen molar-refractivity contribution in [1.82, 2.24) is 4.90 Å². The van der Waals surface area contributed by atoms with Crippen LogP contribution in [0.4, 0.5) is 8.78 Å². The zero-order valence-electron chi connectivity index (χ0n) is 12.1. The average molecular weight is 296 g/mol. The summed E-state index contributed by atoms with van der Waals surface area (Å²) in [6.07, 6.45) is 4.50. The number of likely N-dealkylation sites (tertiary alicyclic amines) is 1. The zero-order chi connectivity index (χ0) is 15.0. The maximum Gasteiger partial charge on any atom is 0.129 e. The highest BCUT2D eigenvalue weighted by molar-refractivity contribution is 5.27. The normalized spacial score (nSPS) is 34.3. The third-order valence-corrected chi connectivity index (χ3v) is 4.97. The van der Waals surface area contributed by atoms with E-state index >= 15 is 0 Å². The monoisotopic (exact) mass is 296 g/mol. The number of hydrogen-bond donors (Lipinski definition) is 2. The molecule has 1 aliphatic heterocycles. The summed E-state index contributed by atoms with van der Waals surface area (Å²) in [7, 11) is 0. The molecule has 0 unspecified atom stereocenters. The van der Waals surface area contributed by atoms with Crippen molar-refractivity contribution in [3.63, 3.8) is 0 Å². The molecule has 2 fully saturated rings. The van der Waals surface area contributed by atoms with Crippen LogP contribution in [0, 0.1) is 11.6 Å². The van der Waals surface area contributed by atoms with E-state index in [0.29, 0.717) is 6.42 Å². The lowest BCUT2D eigenvalue weighted by Gasteiger charge is -2.43. The van der Waals surface area contributed by atoms with E-state index in [1.54, 1.807) is 0 Å². The van der Waals surface area contributed by atoms with Crippen LogP contribution in [-0.2, 0) is 5.66 Å². The molecule has 1 saturated heterocycles. The Balaban J connectivity index is 1.89. The number of nitrogens with two attached hydrogens (primary N) is 1. The van der Waals surface area contributed by atoms with Gasteiger partial charge in [0, 0.05) is 18.2 Å². The van der Waals surface area contributed by atoms with Crippen molar-refractivity contribution in [3.8, 4) is 0 Å². The molecule has 1 saturated carbocycles. The summed E-state index contributed by atoms with van der Waals surface area (Å²) in [5.41, 5.74) is 5.84. The van der Waals surface area contributed by atoms with Crippen molar-refractivity contribution in [3.05, 3.63) is 35.4 Å². The molecule has 0 radical (unpaired) electrons. The molecule has 116 valence electrons. The van der Waals surface area contributed by atoms with Crippen LogP contribution < -0.4 is 5.73 Å². The van der Waals surface area contributed by atoms with E-state index in [4.69, 9.17) is 5.73 Å². The van der Waals surface area contributed by atoms with Gasteiger partial charge in [-0.3, -0.25) is 4.90 Å². The molecule has 1 aliphatic carbocycles. The van der Waals surface area contributed by atoms with Gasteiger partial charge in [-0.25, -0.2) is 8.78 Å². The Kier molecular flexibility index (Phi) is 3.99. The molecule has 0 bridgehead atoms.